The Bertz CT molecular complexity index is 839. The van der Waals surface area contributed by atoms with E-state index in [1.807, 2.05) is 19.1 Å². The van der Waals surface area contributed by atoms with Gasteiger partial charge < -0.3 is 25.3 Å². The lowest BCUT2D eigenvalue weighted by Gasteiger charge is -2.18. The van der Waals surface area contributed by atoms with Crippen LogP contribution >= 0.6 is 12.4 Å². The zero-order valence-corrected chi connectivity index (χ0v) is 16.7. The zero-order valence-electron chi connectivity index (χ0n) is 15.9. The van der Waals surface area contributed by atoms with Crippen molar-refractivity contribution < 1.29 is 19.0 Å². The van der Waals surface area contributed by atoms with E-state index in [-0.39, 0.29) is 25.1 Å². The van der Waals surface area contributed by atoms with Gasteiger partial charge in [-0.1, -0.05) is 26.0 Å². The molecule has 3 N–H and O–H groups in total. The van der Waals surface area contributed by atoms with E-state index in [9.17, 15) is 4.79 Å². The lowest BCUT2D eigenvalue weighted by Crippen LogP contribution is -2.30. The summed E-state index contributed by atoms with van der Waals surface area (Å²) in [6.45, 7) is 8.05. The number of rotatable bonds is 5. The van der Waals surface area contributed by atoms with Crippen molar-refractivity contribution in [3.05, 3.63) is 41.5 Å². The van der Waals surface area contributed by atoms with Crippen LogP contribution in [0.25, 0.3) is 0 Å². The average molecular weight is 393 g/mol. The van der Waals surface area contributed by atoms with Gasteiger partial charge in [-0.3, -0.25) is 4.79 Å². The van der Waals surface area contributed by atoms with Gasteiger partial charge in [0.15, 0.2) is 17.6 Å². The summed E-state index contributed by atoms with van der Waals surface area (Å²) in [6, 6.07) is 9.36. The summed E-state index contributed by atoms with van der Waals surface area (Å²) in [5, 5.41) is 2.79. The van der Waals surface area contributed by atoms with Crippen molar-refractivity contribution in [2.75, 3.05) is 17.8 Å². The summed E-state index contributed by atoms with van der Waals surface area (Å²) in [6.07, 6.45) is -0.680. The van der Waals surface area contributed by atoms with E-state index < -0.39 is 6.10 Å². The molecule has 2 aromatic carbocycles. The van der Waals surface area contributed by atoms with Gasteiger partial charge in [0.25, 0.3) is 5.91 Å². The van der Waals surface area contributed by atoms with Crippen LogP contribution in [0.2, 0.25) is 0 Å². The lowest BCUT2D eigenvalue weighted by atomic mass is 10.0. The molecular weight excluding hydrogens is 368 g/mol. The van der Waals surface area contributed by atoms with Crippen LogP contribution in [0.4, 0.5) is 11.4 Å². The third-order valence-corrected chi connectivity index (χ3v) is 4.35. The molecule has 146 valence electrons. The highest BCUT2D eigenvalue weighted by Gasteiger charge is 2.21. The summed E-state index contributed by atoms with van der Waals surface area (Å²) in [4.78, 5) is 12.5. The summed E-state index contributed by atoms with van der Waals surface area (Å²) < 4.78 is 16.5. The van der Waals surface area contributed by atoms with Gasteiger partial charge in [-0.2, -0.15) is 0 Å². The van der Waals surface area contributed by atoms with Gasteiger partial charge in [0, 0.05) is 12.1 Å². The summed E-state index contributed by atoms with van der Waals surface area (Å²) in [5.41, 5.74) is 9.01. The minimum atomic E-state index is -0.680. The number of carbonyl (C=O) groups is 1. The molecule has 0 aliphatic carbocycles. The quantitative estimate of drug-likeness (QED) is 0.743. The maximum absolute atomic E-state index is 12.5. The second-order valence-electron chi connectivity index (χ2n) is 6.72. The first-order chi connectivity index (χ1) is 12.3. The first-order valence-corrected chi connectivity index (χ1v) is 8.62. The van der Waals surface area contributed by atoms with Crippen LogP contribution < -0.4 is 25.3 Å². The van der Waals surface area contributed by atoms with Crippen molar-refractivity contribution >= 4 is 29.7 Å². The molecule has 1 aliphatic rings. The topological polar surface area (TPSA) is 82.8 Å². The van der Waals surface area contributed by atoms with Crippen LogP contribution in [-0.4, -0.2) is 18.8 Å². The van der Waals surface area contributed by atoms with E-state index in [0.29, 0.717) is 34.5 Å². The summed E-state index contributed by atoms with van der Waals surface area (Å²) in [5.74, 6) is 1.94. The zero-order chi connectivity index (χ0) is 18.8. The number of ether oxygens (including phenoxy) is 3. The number of nitrogens with one attached hydrogen (secondary N) is 1. The molecule has 27 heavy (non-hydrogen) atoms. The minimum Gasteiger partial charge on any atom is -0.481 e. The predicted octanol–water partition coefficient (Wildman–Crippen LogP) is 4.26. The SMILES string of the molecule is Cc1ccc(C(C)C)cc1OC(C)C(=O)Nc1cc2c(cc1N)OCO2.Cl. The second-order valence-corrected chi connectivity index (χ2v) is 6.72. The van der Waals surface area contributed by atoms with Crippen molar-refractivity contribution in [3.8, 4) is 17.2 Å². The van der Waals surface area contributed by atoms with E-state index in [1.54, 1.807) is 19.1 Å². The van der Waals surface area contributed by atoms with Crippen LogP contribution in [-0.2, 0) is 4.79 Å². The molecule has 1 unspecified atom stereocenters. The lowest BCUT2D eigenvalue weighted by molar-refractivity contribution is -0.122. The molecule has 1 amide bonds. The Kier molecular flexibility index (Phi) is 6.44. The Labute approximate surface area is 165 Å². The molecular formula is C20H25ClN2O4. The van der Waals surface area contributed by atoms with Gasteiger partial charge in [-0.05, 0) is 37.0 Å². The fraction of sp³-hybridized carbons (Fsp3) is 0.350. The maximum Gasteiger partial charge on any atom is 0.265 e. The Morgan fingerprint density at radius 2 is 1.81 bits per heavy atom. The normalized spacial score (nSPS) is 13.1. The smallest absolute Gasteiger partial charge is 0.265 e. The van der Waals surface area contributed by atoms with Crippen molar-refractivity contribution in [1.29, 1.82) is 0 Å². The van der Waals surface area contributed by atoms with Crippen LogP contribution in [0.1, 0.15) is 37.8 Å². The predicted molar refractivity (Wildman–Crippen MR) is 108 cm³/mol. The number of hydrogen-bond donors (Lipinski definition) is 2. The molecule has 0 saturated heterocycles. The van der Waals surface area contributed by atoms with Gasteiger partial charge in [-0.15, -0.1) is 12.4 Å². The van der Waals surface area contributed by atoms with Crippen LogP contribution in [0.3, 0.4) is 0 Å². The van der Waals surface area contributed by atoms with E-state index in [0.717, 1.165) is 5.56 Å². The number of anilines is 2. The second kappa shape index (κ2) is 8.39. The number of fused-ring (bicyclic) bond motifs is 1. The van der Waals surface area contributed by atoms with Crippen molar-refractivity contribution in [2.45, 2.75) is 39.7 Å². The van der Waals surface area contributed by atoms with Crippen molar-refractivity contribution in [2.24, 2.45) is 0 Å². The third kappa shape index (κ3) is 4.57. The number of aryl methyl sites for hydroxylation is 1. The first-order valence-electron chi connectivity index (χ1n) is 8.62. The van der Waals surface area contributed by atoms with E-state index in [2.05, 4.69) is 25.2 Å². The largest absolute Gasteiger partial charge is 0.481 e. The van der Waals surface area contributed by atoms with Crippen molar-refractivity contribution in [3.63, 3.8) is 0 Å². The van der Waals surface area contributed by atoms with Crippen LogP contribution in [0.15, 0.2) is 30.3 Å². The molecule has 6 nitrogen and oxygen atoms in total. The fourth-order valence-corrected chi connectivity index (χ4v) is 2.65. The van der Waals surface area contributed by atoms with Gasteiger partial charge in [-0.25, -0.2) is 0 Å². The van der Waals surface area contributed by atoms with E-state index in [4.69, 9.17) is 19.9 Å². The van der Waals surface area contributed by atoms with Crippen molar-refractivity contribution in [1.82, 2.24) is 0 Å². The van der Waals surface area contributed by atoms with E-state index in [1.165, 1.54) is 5.56 Å². The third-order valence-electron chi connectivity index (χ3n) is 4.35. The van der Waals surface area contributed by atoms with Crippen LogP contribution in [0, 0.1) is 6.92 Å². The molecule has 0 aromatic heterocycles. The highest BCUT2D eigenvalue weighted by molar-refractivity contribution is 5.97. The molecule has 0 spiro atoms. The molecule has 2 aromatic rings. The Morgan fingerprint density at radius 3 is 2.48 bits per heavy atom. The molecule has 0 saturated carbocycles. The number of benzene rings is 2. The van der Waals surface area contributed by atoms with Gasteiger partial charge in [0.2, 0.25) is 6.79 Å². The van der Waals surface area contributed by atoms with Gasteiger partial charge in [0.05, 0.1) is 11.4 Å². The Hall–Kier alpha value is -2.60. The molecule has 1 aliphatic heterocycles. The molecule has 0 bridgehead atoms. The summed E-state index contributed by atoms with van der Waals surface area (Å²) >= 11 is 0. The molecule has 0 radical (unpaired) electrons. The molecule has 7 heteroatoms. The fourth-order valence-electron chi connectivity index (χ4n) is 2.65. The standard InChI is InChI=1S/C20H24N2O4.ClH/c1-11(2)14-6-5-12(3)17(7-14)26-13(4)20(23)22-16-9-19-18(8-15(16)21)24-10-25-19;/h5-9,11,13H,10,21H2,1-4H3,(H,22,23);1H. The Balaban J connectivity index is 0.00000261. The number of nitrogens with two attached hydrogens (primary N) is 1. The van der Waals surface area contributed by atoms with E-state index >= 15 is 0 Å². The molecule has 1 heterocycles. The number of nitrogen functional groups attached to an aromatic ring is 1. The van der Waals surface area contributed by atoms with Gasteiger partial charge >= 0.3 is 0 Å². The monoisotopic (exact) mass is 392 g/mol. The highest BCUT2D eigenvalue weighted by atomic mass is 35.5. The summed E-state index contributed by atoms with van der Waals surface area (Å²) in [7, 11) is 0. The van der Waals surface area contributed by atoms with Crippen LogP contribution in [0.5, 0.6) is 17.2 Å². The average Bonchev–Trinajstić information content (AvgIpc) is 3.03. The Morgan fingerprint density at radius 1 is 1.15 bits per heavy atom. The maximum atomic E-state index is 12.5. The number of amides is 1. The van der Waals surface area contributed by atoms with Gasteiger partial charge in [0.1, 0.15) is 5.75 Å². The molecule has 1 atom stereocenters. The molecule has 0 fully saturated rings. The first kappa shape index (κ1) is 20.7. The number of hydrogen-bond acceptors (Lipinski definition) is 5. The minimum absolute atomic E-state index is 0. The molecule has 3 rings (SSSR count). The number of carbonyl (C=O) groups excluding carboxylic acids is 1. The number of halogens is 1. The highest BCUT2D eigenvalue weighted by Crippen LogP contribution is 2.38.